The molecule has 1 unspecified atom stereocenters. The van der Waals surface area contributed by atoms with E-state index in [0.29, 0.717) is 0 Å². The Kier molecular flexibility index (Phi) is 7.40. The fraction of sp³-hybridized carbons (Fsp3) is 0.667. The molecule has 1 heteroatoms. The lowest BCUT2D eigenvalue weighted by atomic mass is 9.70. The molecule has 1 atom stereocenters. The Labute approximate surface area is 158 Å². The van der Waals surface area contributed by atoms with Crippen molar-refractivity contribution >= 4 is 14.7 Å². The Morgan fingerprint density at radius 1 is 0.920 bits per heavy atom. The van der Waals surface area contributed by atoms with Crippen molar-refractivity contribution in [3.8, 4) is 0 Å². The van der Waals surface area contributed by atoms with Crippen molar-refractivity contribution in [1.82, 2.24) is 0 Å². The van der Waals surface area contributed by atoms with Gasteiger partial charge in [-0.05, 0) is 81.1 Å². The van der Waals surface area contributed by atoms with E-state index in [1.54, 1.807) is 16.3 Å². The van der Waals surface area contributed by atoms with Crippen LogP contribution in [0.1, 0.15) is 89.0 Å². The minimum absolute atomic E-state index is 0.00777. The van der Waals surface area contributed by atoms with Crippen LogP contribution in [-0.4, -0.2) is 9.52 Å². The van der Waals surface area contributed by atoms with Crippen LogP contribution >= 0.6 is 0 Å². The van der Waals surface area contributed by atoms with Gasteiger partial charge in [-0.2, -0.15) is 0 Å². The second-order valence-electron chi connectivity index (χ2n) is 8.56. The fourth-order valence-corrected chi connectivity index (χ4v) is 5.82. The summed E-state index contributed by atoms with van der Waals surface area (Å²) >= 11 is 0. The first kappa shape index (κ1) is 19.0. The van der Waals surface area contributed by atoms with Crippen LogP contribution in [-0.2, 0) is 0 Å². The van der Waals surface area contributed by atoms with Gasteiger partial charge in [0.05, 0.1) is 9.52 Å². The summed E-state index contributed by atoms with van der Waals surface area (Å²) in [5.41, 5.74) is 3.39. The van der Waals surface area contributed by atoms with E-state index in [4.69, 9.17) is 0 Å². The highest BCUT2D eigenvalue weighted by atomic mass is 28.2. The summed E-state index contributed by atoms with van der Waals surface area (Å²) in [6.07, 6.45) is 18.2. The molecule has 0 radical (unpaired) electrons. The van der Waals surface area contributed by atoms with E-state index < -0.39 is 0 Å². The second-order valence-corrected chi connectivity index (χ2v) is 10.1. The van der Waals surface area contributed by atoms with Crippen molar-refractivity contribution in [3.05, 3.63) is 41.5 Å². The Balaban J connectivity index is 1.44. The van der Waals surface area contributed by atoms with Gasteiger partial charge in [-0.15, -0.1) is 0 Å². The molecule has 0 heterocycles. The maximum absolute atomic E-state index is 2.63. The Morgan fingerprint density at radius 3 is 2.28 bits per heavy atom. The van der Waals surface area contributed by atoms with Gasteiger partial charge in [-0.25, -0.2) is 0 Å². The van der Waals surface area contributed by atoms with E-state index >= 15 is 0 Å². The lowest BCUT2D eigenvalue weighted by molar-refractivity contribution is 0.217. The zero-order valence-corrected chi connectivity index (χ0v) is 18.0. The summed E-state index contributed by atoms with van der Waals surface area (Å²) in [4.78, 5) is 0. The third-order valence-electron chi connectivity index (χ3n) is 6.94. The monoisotopic (exact) mass is 354 g/mol. The third kappa shape index (κ3) is 5.33. The van der Waals surface area contributed by atoms with Crippen LogP contribution < -0.4 is 5.19 Å². The van der Waals surface area contributed by atoms with Crippen LogP contribution in [0.5, 0.6) is 0 Å². The van der Waals surface area contributed by atoms with Crippen molar-refractivity contribution in [2.24, 2.45) is 11.8 Å². The molecule has 1 saturated carbocycles. The topological polar surface area (TPSA) is 0 Å². The Morgan fingerprint density at radius 2 is 1.68 bits per heavy atom. The Hall–Kier alpha value is -0.823. The molecule has 25 heavy (non-hydrogen) atoms. The molecule has 0 nitrogen and oxygen atoms in total. The van der Waals surface area contributed by atoms with E-state index in [2.05, 4.69) is 43.8 Å². The average Bonchev–Trinajstić information content (AvgIpc) is 2.69. The highest BCUT2D eigenvalue weighted by molar-refractivity contribution is 6.51. The molecule has 0 N–H and O–H groups in total. The van der Waals surface area contributed by atoms with Gasteiger partial charge in [-0.3, -0.25) is 0 Å². The van der Waals surface area contributed by atoms with Crippen molar-refractivity contribution < 1.29 is 0 Å². The maximum Gasteiger partial charge on any atom is 0.0517 e. The minimum Gasteiger partial charge on any atom is -0.0850 e. The van der Waals surface area contributed by atoms with Gasteiger partial charge in [0.2, 0.25) is 0 Å². The van der Waals surface area contributed by atoms with Crippen LogP contribution in [0.2, 0.25) is 6.55 Å². The molecule has 0 aromatic heterocycles. The van der Waals surface area contributed by atoms with Crippen molar-refractivity contribution in [2.45, 2.75) is 90.0 Å². The second kappa shape index (κ2) is 9.76. The van der Waals surface area contributed by atoms with Crippen LogP contribution in [0.4, 0.5) is 0 Å². The number of hydrogen-bond donors (Lipinski definition) is 0. The highest BCUT2D eigenvalue weighted by Crippen LogP contribution is 2.42. The summed E-state index contributed by atoms with van der Waals surface area (Å²) in [7, 11) is 0.00777. The van der Waals surface area contributed by atoms with Crippen LogP contribution in [0.3, 0.4) is 0 Å². The van der Waals surface area contributed by atoms with E-state index in [1.165, 1.54) is 70.6 Å². The van der Waals surface area contributed by atoms with Crippen LogP contribution in [0.15, 0.2) is 35.9 Å². The summed E-state index contributed by atoms with van der Waals surface area (Å²) in [5.74, 6) is 2.84. The zero-order valence-electron chi connectivity index (χ0n) is 16.6. The predicted molar refractivity (Wildman–Crippen MR) is 115 cm³/mol. The molecule has 0 aliphatic heterocycles. The standard InChI is InChI=1S/C24H38Si/c1-3-4-5-6-19-7-9-20(10-8-19)21-11-13-22(14-12-21)23-15-17-24(25-2)18-16-23/h7,15-18,20-22H,3-6,8-14,25H2,1-2H3/t20?,21-,22-. The molecular weight excluding hydrogens is 316 g/mol. The minimum atomic E-state index is 0.00777. The van der Waals surface area contributed by atoms with Crippen molar-refractivity contribution in [3.63, 3.8) is 0 Å². The highest BCUT2D eigenvalue weighted by Gasteiger charge is 2.29. The average molecular weight is 355 g/mol. The predicted octanol–water partition coefficient (Wildman–Crippen LogP) is 6.11. The largest absolute Gasteiger partial charge is 0.0850 e. The first-order valence-corrected chi connectivity index (χ1v) is 13.2. The lowest BCUT2D eigenvalue weighted by Crippen LogP contribution is -2.23. The van der Waals surface area contributed by atoms with E-state index in [1.807, 2.05) is 0 Å². The van der Waals surface area contributed by atoms with E-state index in [9.17, 15) is 0 Å². The SMILES string of the molecule is CCCCCC1=CCC([C@H]2CC[C@H](c3ccc([SiH2]C)cc3)CC2)CC1. The molecule has 0 spiro atoms. The van der Waals surface area contributed by atoms with Crippen LogP contribution in [0.25, 0.3) is 0 Å². The van der Waals surface area contributed by atoms with E-state index in [-0.39, 0.29) is 9.52 Å². The molecule has 1 aromatic rings. The summed E-state index contributed by atoms with van der Waals surface area (Å²) in [5, 5.41) is 1.61. The number of unbranched alkanes of at least 4 members (excludes halogenated alkanes) is 2. The van der Waals surface area contributed by atoms with Gasteiger partial charge in [0.15, 0.2) is 0 Å². The molecule has 0 bridgehead atoms. The van der Waals surface area contributed by atoms with Crippen LogP contribution in [0, 0.1) is 11.8 Å². The maximum atomic E-state index is 2.63. The summed E-state index contributed by atoms with van der Waals surface area (Å²) in [6.45, 7) is 4.69. The van der Waals surface area contributed by atoms with E-state index in [0.717, 1.165) is 17.8 Å². The zero-order chi connectivity index (χ0) is 17.5. The number of allylic oxidation sites excluding steroid dienone is 2. The third-order valence-corrected chi connectivity index (χ3v) is 8.23. The van der Waals surface area contributed by atoms with Gasteiger partial charge < -0.3 is 0 Å². The molecule has 2 aliphatic rings. The van der Waals surface area contributed by atoms with Gasteiger partial charge in [0.1, 0.15) is 0 Å². The fourth-order valence-electron chi connectivity index (χ4n) is 5.12. The van der Waals surface area contributed by atoms with Crippen molar-refractivity contribution in [1.29, 1.82) is 0 Å². The van der Waals surface area contributed by atoms with Gasteiger partial charge >= 0.3 is 0 Å². The summed E-state index contributed by atoms with van der Waals surface area (Å²) < 4.78 is 0. The molecule has 1 fully saturated rings. The normalized spacial score (nSPS) is 27.6. The van der Waals surface area contributed by atoms with Gasteiger partial charge in [0.25, 0.3) is 0 Å². The summed E-state index contributed by atoms with van der Waals surface area (Å²) in [6, 6.07) is 9.67. The molecule has 138 valence electrons. The number of rotatable bonds is 7. The first-order valence-electron chi connectivity index (χ1n) is 11.1. The molecular formula is C24H38Si. The molecule has 0 amide bonds. The van der Waals surface area contributed by atoms with Crippen molar-refractivity contribution in [2.75, 3.05) is 0 Å². The smallest absolute Gasteiger partial charge is 0.0517 e. The number of benzene rings is 1. The van der Waals surface area contributed by atoms with Gasteiger partial charge in [0, 0.05) is 0 Å². The Bertz CT molecular complexity index is 534. The molecule has 0 saturated heterocycles. The quantitative estimate of drug-likeness (QED) is 0.315. The lowest BCUT2D eigenvalue weighted by Gasteiger charge is -2.35. The molecule has 3 rings (SSSR count). The van der Waals surface area contributed by atoms with Gasteiger partial charge in [-0.1, -0.05) is 67.4 Å². The molecule has 2 aliphatic carbocycles. The number of hydrogen-bond acceptors (Lipinski definition) is 0. The first-order chi connectivity index (χ1) is 12.3. The molecule has 1 aromatic carbocycles.